The van der Waals surface area contributed by atoms with E-state index in [4.69, 9.17) is 10.9 Å². The molecule has 5 nitrogen and oxygen atoms in total. The van der Waals surface area contributed by atoms with E-state index in [1.807, 2.05) is 18.2 Å². The third-order valence-electron chi connectivity index (χ3n) is 3.77. The van der Waals surface area contributed by atoms with Gasteiger partial charge in [-0.2, -0.15) is 0 Å². The van der Waals surface area contributed by atoms with Gasteiger partial charge in [-0.25, -0.2) is 0 Å². The maximum absolute atomic E-state index is 10.2. The molecule has 1 aliphatic heterocycles. The van der Waals surface area contributed by atoms with Gasteiger partial charge in [0, 0.05) is 18.5 Å². The number of benzene rings is 1. The molecule has 1 saturated heterocycles. The smallest absolute Gasteiger partial charge is 0.170 e. The molecule has 1 aromatic rings. The van der Waals surface area contributed by atoms with Crippen molar-refractivity contribution in [2.75, 3.05) is 19.6 Å². The Bertz CT molecular complexity index is 456. The van der Waals surface area contributed by atoms with Crippen LogP contribution in [0.15, 0.2) is 29.4 Å². The summed E-state index contributed by atoms with van der Waals surface area (Å²) in [5.41, 5.74) is 7.26. The summed E-state index contributed by atoms with van der Waals surface area (Å²) in [4.78, 5) is 2.31. The van der Waals surface area contributed by atoms with E-state index in [0.29, 0.717) is 18.5 Å². The minimum absolute atomic E-state index is 0.0887. The summed E-state index contributed by atoms with van der Waals surface area (Å²) >= 11 is 0. The van der Waals surface area contributed by atoms with E-state index in [1.165, 1.54) is 19.3 Å². The number of nitrogens with zero attached hydrogens (tertiary/aromatic N) is 2. The van der Waals surface area contributed by atoms with Gasteiger partial charge in [0.05, 0.1) is 6.10 Å². The number of hydrogen-bond acceptors (Lipinski definition) is 4. The first-order chi connectivity index (χ1) is 9.70. The number of piperidine rings is 1. The highest BCUT2D eigenvalue weighted by Gasteiger charge is 2.16. The van der Waals surface area contributed by atoms with Crippen LogP contribution in [0.1, 0.15) is 30.4 Å². The number of nitrogens with two attached hydrogens (primary N) is 1. The van der Waals surface area contributed by atoms with Crippen molar-refractivity contribution in [3.63, 3.8) is 0 Å². The molecular formula is C15H23N3O2. The Morgan fingerprint density at radius 2 is 1.95 bits per heavy atom. The largest absolute Gasteiger partial charge is 0.409 e. The Hall–Kier alpha value is -1.59. The fourth-order valence-corrected chi connectivity index (χ4v) is 2.76. The summed E-state index contributed by atoms with van der Waals surface area (Å²) in [6.45, 7) is 2.82. The van der Waals surface area contributed by atoms with Gasteiger partial charge in [0.25, 0.3) is 0 Å². The molecule has 1 heterocycles. The molecule has 0 saturated carbocycles. The van der Waals surface area contributed by atoms with E-state index in [9.17, 15) is 5.11 Å². The van der Waals surface area contributed by atoms with Crippen LogP contribution in [0.3, 0.4) is 0 Å². The fraction of sp³-hybridized carbons (Fsp3) is 0.533. The van der Waals surface area contributed by atoms with Gasteiger partial charge in [0.2, 0.25) is 0 Å². The first kappa shape index (κ1) is 14.8. The molecule has 0 spiro atoms. The van der Waals surface area contributed by atoms with E-state index in [0.717, 1.165) is 18.7 Å². The number of aliphatic hydroxyl groups is 1. The van der Waals surface area contributed by atoms with E-state index >= 15 is 0 Å². The summed E-state index contributed by atoms with van der Waals surface area (Å²) in [5.74, 6) is 0.0887. The van der Waals surface area contributed by atoms with Gasteiger partial charge in [0.1, 0.15) is 0 Å². The third-order valence-corrected chi connectivity index (χ3v) is 3.77. The van der Waals surface area contributed by atoms with Crippen molar-refractivity contribution in [1.29, 1.82) is 0 Å². The molecule has 0 bridgehead atoms. The lowest BCUT2D eigenvalue weighted by atomic mass is 10.00. The van der Waals surface area contributed by atoms with Crippen molar-refractivity contribution < 1.29 is 10.3 Å². The summed E-state index contributed by atoms with van der Waals surface area (Å²) < 4.78 is 0. The van der Waals surface area contributed by atoms with Crippen LogP contribution in [0.2, 0.25) is 0 Å². The molecule has 0 radical (unpaired) electrons. The fourth-order valence-electron chi connectivity index (χ4n) is 2.76. The molecule has 1 aliphatic rings. The second kappa shape index (κ2) is 7.26. The van der Waals surface area contributed by atoms with Crippen LogP contribution in [0.5, 0.6) is 0 Å². The Labute approximate surface area is 119 Å². The molecule has 1 fully saturated rings. The molecule has 5 heteroatoms. The predicted molar refractivity (Wildman–Crippen MR) is 79.0 cm³/mol. The van der Waals surface area contributed by atoms with Crippen LogP contribution in [0.4, 0.5) is 0 Å². The first-order valence-corrected chi connectivity index (χ1v) is 7.17. The number of β-amino-alcohol motifs (C(OH)–C–C–N with tert-alkyl or cyclic N) is 1. The van der Waals surface area contributed by atoms with Gasteiger partial charge < -0.3 is 20.9 Å². The number of likely N-dealkylation sites (tertiary alicyclic amines) is 1. The van der Waals surface area contributed by atoms with Gasteiger partial charge >= 0.3 is 0 Å². The third kappa shape index (κ3) is 3.95. The molecule has 1 atom stereocenters. The lowest BCUT2D eigenvalue weighted by Crippen LogP contribution is -2.37. The Balaban J connectivity index is 1.98. The number of oxime groups is 1. The monoisotopic (exact) mass is 277 g/mol. The Morgan fingerprint density at radius 1 is 1.25 bits per heavy atom. The van der Waals surface area contributed by atoms with Crippen molar-refractivity contribution >= 4 is 5.84 Å². The van der Waals surface area contributed by atoms with E-state index < -0.39 is 6.10 Å². The van der Waals surface area contributed by atoms with E-state index in [1.54, 1.807) is 6.07 Å². The normalized spacial score (nSPS) is 18.9. The Morgan fingerprint density at radius 3 is 2.65 bits per heavy atom. The number of aliphatic hydroxyl groups excluding tert-OH is 1. The van der Waals surface area contributed by atoms with Crippen molar-refractivity contribution in [1.82, 2.24) is 4.90 Å². The van der Waals surface area contributed by atoms with E-state index in [-0.39, 0.29) is 5.84 Å². The molecule has 1 aromatic carbocycles. The zero-order chi connectivity index (χ0) is 14.4. The lowest BCUT2D eigenvalue weighted by Gasteiger charge is -2.28. The molecule has 110 valence electrons. The minimum Gasteiger partial charge on any atom is -0.409 e. The highest BCUT2D eigenvalue weighted by Crippen LogP contribution is 2.14. The van der Waals surface area contributed by atoms with Gasteiger partial charge in [-0.05, 0) is 31.5 Å². The molecule has 0 aliphatic carbocycles. The lowest BCUT2D eigenvalue weighted by molar-refractivity contribution is 0.101. The quantitative estimate of drug-likeness (QED) is 0.326. The predicted octanol–water partition coefficient (Wildman–Crippen LogP) is 1.17. The number of amidine groups is 1. The van der Waals surface area contributed by atoms with Crippen LogP contribution in [-0.4, -0.2) is 46.8 Å². The van der Waals surface area contributed by atoms with Gasteiger partial charge in [0.15, 0.2) is 5.84 Å². The Kier molecular flexibility index (Phi) is 5.38. The number of hydrogen-bond donors (Lipinski definition) is 3. The molecular weight excluding hydrogens is 254 g/mol. The second-order valence-corrected chi connectivity index (χ2v) is 5.36. The summed E-state index contributed by atoms with van der Waals surface area (Å²) in [6.07, 6.45) is 3.81. The molecule has 20 heavy (non-hydrogen) atoms. The maximum atomic E-state index is 10.2. The average molecular weight is 277 g/mol. The first-order valence-electron chi connectivity index (χ1n) is 7.17. The van der Waals surface area contributed by atoms with Gasteiger partial charge in [-0.15, -0.1) is 0 Å². The zero-order valence-electron chi connectivity index (χ0n) is 11.7. The van der Waals surface area contributed by atoms with Crippen LogP contribution < -0.4 is 5.73 Å². The highest BCUT2D eigenvalue weighted by molar-refractivity contribution is 5.98. The standard InChI is InChI=1S/C15H23N3O2/c16-15(17-20)14-7-3-2-6-12(14)10-13(19)11-18-8-4-1-5-9-18/h2-3,6-7,13,19-20H,1,4-5,8-11H2,(H2,16,17). The summed E-state index contributed by atoms with van der Waals surface area (Å²) in [6, 6.07) is 7.45. The molecule has 2 rings (SSSR count). The van der Waals surface area contributed by atoms with Crippen LogP contribution in [-0.2, 0) is 6.42 Å². The molecule has 0 amide bonds. The topological polar surface area (TPSA) is 82.1 Å². The SMILES string of the molecule is NC(=NO)c1ccccc1CC(O)CN1CCCCC1. The molecule has 0 aromatic heterocycles. The molecule has 1 unspecified atom stereocenters. The minimum atomic E-state index is -0.430. The van der Waals surface area contributed by atoms with Crippen LogP contribution in [0, 0.1) is 0 Å². The van der Waals surface area contributed by atoms with Crippen LogP contribution in [0.25, 0.3) is 0 Å². The highest BCUT2D eigenvalue weighted by atomic mass is 16.4. The van der Waals surface area contributed by atoms with E-state index in [2.05, 4.69) is 10.1 Å². The van der Waals surface area contributed by atoms with Crippen molar-refractivity contribution in [3.05, 3.63) is 35.4 Å². The zero-order valence-corrected chi connectivity index (χ0v) is 11.7. The molecule has 4 N–H and O–H groups in total. The van der Waals surface area contributed by atoms with Crippen molar-refractivity contribution in [2.24, 2.45) is 10.9 Å². The summed E-state index contributed by atoms with van der Waals surface area (Å²) in [7, 11) is 0. The van der Waals surface area contributed by atoms with Crippen LogP contribution >= 0.6 is 0 Å². The van der Waals surface area contributed by atoms with Crippen molar-refractivity contribution in [3.8, 4) is 0 Å². The van der Waals surface area contributed by atoms with Crippen molar-refractivity contribution in [2.45, 2.75) is 31.8 Å². The average Bonchev–Trinajstić information content (AvgIpc) is 2.48. The van der Waals surface area contributed by atoms with Gasteiger partial charge in [-0.3, -0.25) is 0 Å². The number of rotatable bonds is 5. The second-order valence-electron chi connectivity index (χ2n) is 5.36. The maximum Gasteiger partial charge on any atom is 0.170 e. The summed E-state index contributed by atoms with van der Waals surface area (Å²) in [5, 5.41) is 22.1. The van der Waals surface area contributed by atoms with Gasteiger partial charge in [-0.1, -0.05) is 35.8 Å².